The second-order valence-corrected chi connectivity index (χ2v) is 8.45. The lowest BCUT2D eigenvalue weighted by molar-refractivity contribution is 0.0953. The highest BCUT2D eigenvalue weighted by Crippen LogP contribution is 2.50. The van der Waals surface area contributed by atoms with Crippen molar-refractivity contribution in [1.29, 1.82) is 0 Å². The summed E-state index contributed by atoms with van der Waals surface area (Å²) >= 11 is 0. The molecular weight excluding hydrogens is 436 g/mol. The van der Waals surface area contributed by atoms with E-state index in [4.69, 9.17) is 14.2 Å². The van der Waals surface area contributed by atoms with Gasteiger partial charge < -0.3 is 19.5 Å². The van der Waals surface area contributed by atoms with Gasteiger partial charge in [-0.25, -0.2) is 0 Å². The molecule has 2 aliphatic rings. The number of unbranched alkanes of at least 4 members (excludes halogenated alkanes) is 1. The van der Waals surface area contributed by atoms with Crippen molar-refractivity contribution < 1.29 is 19.0 Å². The van der Waals surface area contributed by atoms with Gasteiger partial charge in [-0.3, -0.25) is 9.69 Å². The van der Waals surface area contributed by atoms with Crippen LogP contribution in [0.1, 0.15) is 53.1 Å². The summed E-state index contributed by atoms with van der Waals surface area (Å²) in [5.74, 6) is 2.53. The number of nitrogens with zero attached hydrogens (tertiary/aromatic N) is 5. The molecule has 3 heterocycles. The number of likely N-dealkylation sites (N-methyl/N-ethyl adjacent to an activating group) is 1. The minimum absolute atomic E-state index is 0.0845. The van der Waals surface area contributed by atoms with Gasteiger partial charge in [0.2, 0.25) is 12.5 Å². The van der Waals surface area contributed by atoms with Gasteiger partial charge in [0, 0.05) is 24.2 Å². The van der Waals surface area contributed by atoms with Crippen molar-refractivity contribution in [3.63, 3.8) is 0 Å². The molecule has 0 radical (unpaired) electrons. The van der Waals surface area contributed by atoms with E-state index in [1.165, 1.54) is 0 Å². The number of carbonyl (C=O) groups excluding carboxylic acids is 1. The fourth-order valence-electron chi connectivity index (χ4n) is 4.54. The molecule has 0 fully saturated rings. The summed E-state index contributed by atoms with van der Waals surface area (Å²) in [6.45, 7) is 3.76. The maximum absolute atomic E-state index is 12.4. The lowest BCUT2D eigenvalue weighted by Crippen LogP contribution is -2.35. The van der Waals surface area contributed by atoms with Crippen molar-refractivity contribution in [2.75, 3.05) is 34.0 Å². The molecule has 2 aliphatic heterocycles. The quantitative estimate of drug-likeness (QED) is 0.532. The monoisotopic (exact) mass is 464 g/mol. The van der Waals surface area contributed by atoms with E-state index in [-0.39, 0.29) is 18.7 Å². The Morgan fingerprint density at radius 1 is 1.26 bits per heavy atom. The van der Waals surface area contributed by atoms with Crippen LogP contribution in [0.25, 0.3) is 5.69 Å². The fourth-order valence-corrected chi connectivity index (χ4v) is 4.54. The topological polar surface area (TPSA) is 104 Å². The maximum Gasteiger partial charge on any atom is 0.251 e. The summed E-state index contributed by atoms with van der Waals surface area (Å²) in [7, 11) is 3.68. The largest absolute Gasteiger partial charge is 0.492 e. The third-order valence-corrected chi connectivity index (χ3v) is 6.32. The number of tetrazole rings is 1. The highest BCUT2D eigenvalue weighted by Gasteiger charge is 2.37. The van der Waals surface area contributed by atoms with Crippen LogP contribution in [0.4, 0.5) is 0 Å². The van der Waals surface area contributed by atoms with Gasteiger partial charge in [-0.15, -0.1) is 5.10 Å². The van der Waals surface area contributed by atoms with Crippen molar-refractivity contribution >= 4 is 5.91 Å². The number of rotatable bonds is 7. The third-order valence-electron chi connectivity index (χ3n) is 6.32. The number of methoxy groups -OCH3 is 1. The Balaban J connectivity index is 1.50. The van der Waals surface area contributed by atoms with E-state index in [2.05, 4.69) is 32.7 Å². The zero-order valence-electron chi connectivity index (χ0n) is 19.6. The van der Waals surface area contributed by atoms with Crippen molar-refractivity contribution in [2.45, 2.75) is 32.2 Å². The van der Waals surface area contributed by atoms with Gasteiger partial charge in [0.15, 0.2) is 17.3 Å². The van der Waals surface area contributed by atoms with E-state index in [9.17, 15) is 4.79 Å². The molecule has 0 spiro atoms. The van der Waals surface area contributed by atoms with E-state index in [1.807, 2.05) is 25.2 Å². The molecule has 178 valence electrons. The van der Waals surface area contributed by atoms with Gasteiger partial charge in [-0.2, -0.15) is 4.68 Å². The molecule has 2 aromatic carbocycles. The first-order chi connectivity index (χ1) is 16.6. The number of amides is 1. The van der Waals surface area contributed by atoms with Gasteiger partial charge in [0.1, 0.15) is 6.04 Å². The fraction of sp³-hybridized carbons (Fsp3) is 0.417. The van der Waals surface area contributed by atoms with Crippen molar-refractivity contribution in [3.8, 4) is 22.9 Å². The first-order valence-electron chi connectivity index (χ1n) is 11.5. The molecule has 0 saturated carbocycles. The zero-order chi connectivity index (χ0) is 23.7. The molecule has 1 atom stereocenters. The molecule has 10 nitrogen and oxygen atoms in total. The second-order valence-electron chi connectivity index (χ2n) is 8.45. The third kappa shape index (κ3) is 3.83. The predicted molar refractivity (Wildman–Crippen MR) is 124 cm³/mol. The van der Waals surface area contributed by atoms with Gasteiger partial charge in [-0.1, -0.05) is 13.3 Å². The van der Waals surface area contributed by atoms with Crippen molar-refractivity contribution in [1.82, 2.24) is 30.4 Å². The summed E-state index contributed by atoms with van der Waals surface area (Å²) < 4.78 is 18.8. The van der Waals surface area contributed by atoms with Gasteiger partial charge in [-0.05, 0) is 66.2 Å². The van der Waals surface area contributed by atoms with E-state index < -0.39 is 0 Å². The van der Waals surface area contributed by atoms with Crippen molar-refractivity contribution in [3.05, 3.63) is 52.8 Å². The highest BCUT2D eigenvalue weighted by atomic mass is 16.7. The smallest absolute Gasteiger partial charge is 0.251 e. The van der Waals surface area contributed by atoms with Crippen LogP contribution in [0.3, 0.4) is 0 Å². The average molecular weight is 465 g/mol. The van der Waals surface area contributed by atoms with Crippen LogP contribution in [0, 0.1) is 0 Å². The Bertz CT molecular complexity index is 1190. The lowest BCUT2D eigenvalue weighted by atomic mass is 9.90. The SMILES string of the molecule is CCCCNC(=O)c1ccc(-n2nnnc2C2c3c(cc4c(c3OC)OCO4)CCN2C)cc1. The number of nitrogens with one attached hydrogen (secondary N) is 1. The van der Waals surface area contributed by atoms with Gasteiger partial charge >= 0.3 is 0 Å². The molecule has 34 heavy (non-hydrogen) atoms. The molecule has 3 aromatic rings. The Morgan fingerprint density at radius 3 is 2.85 bits per heavy atom. The molecule has 0 aliphatic carbocycles. The molecular formula is C24H28N6O4. The van der Waals surface area contributed by atoms with E-state index in [1.54, 1.807) is 23.9 Å². The molecule has 10 heteroatoms. The second kappa shape index (κ2) is 9.30. The van der Waals surface area contributed by atoms with Crippen LogP contribution in [-0.4, -0.2) is 65.1 Å². The first-order valence-corrected chi connectivity index (χ1v) is 11.5. The average Bonchev–Trinajstić information content (AvgIpc) is 3.52. The summed E-state index contributed by atoms with van der Waals surface area (Å²) in [5, 5.41) is 15.6. The molecule has 0 saturated heterocycles. The zero-order valence-corrected chi connectivity index (χ0v) is 19.6. The Hall–Kier alpha value is -3.66. The van der Waals surface area contributed by atoms with Crippen LogP contribution >= 0.6 is 0 Å². The summed E-state index contributed by atoms with van der Waals surface area (Å²) in [6, 6.07) is 9.07. The van der Waals surface area contributed by atoms with Crippen molar-refractivity contribution in [2.24, 2.45) is 0 Å². The number of ether oxygens (including phenoxy) is 3. The first kappa shape index (κ1) is 22.1. The molecule has 1 N–H and O–H groups in total. The van der Waals surface area contributed by atoms with Gasteiger partial charge in [0.05, 0.1) is 12.8 Å². The predicted octanol–water partition coefficient (Wildman–Crippen LogP) is 2.51. The van der Waals surface area contributed by atoms with Crippen LogP contribution in [0.5, 0.6) is 17.2 Å². The van der Waals surface area contributed by atoms with Crippen LogP contribution in [0.15, 0.2) is 30.3 Å². The van der Waals surface area contributed by atoms with Crippen LogP contribution < -0.4 is 19.5 Å². The number of hydrogen-bond acceptors (Lipinski definition) is 8. The number of aromatic nitrogens is 4. The molecule has 5 rings (SSSR count). The summed E-state index contributed by atoms with van der Waals surface area (Å²) in [5.41, 5.74) is 3.47. The number of carbonyl (C=O) groups is 1. The number of hydrogen-bond donors (Lipinski definition) is 1. The van der Waals surface area contributed by atoms with E-state index in [0.717, 1.165) is 42.6 Å². The van der Waals surface area contributed by atoms with E-state index in [0.29, 0.717) is 35.2 Å². The molecule has 1 unspecified atom stereocenters. The highest BCUT2D eigenvalue weighted by molar-refractivity contribution is 5.94. The number of fused-ring (bicyclic) bond motifs is 2. The van der Waals surface area contributed by atoms with Gasteiger partial charge in [0.25, 0.3) is 5.91 Å². The molecule has 1 aromatic heterocycles. The lowest BCUT2D eigenvalue weighted by Gasteiger charge is -2.34. The Morgan fingerprint density at radius 2 is 2.09 bits per heavy atom. The van der Waals surface area contributed by atoms with Crippen LogP contribution in [-0.2, 0) is 6.42 Å². The summed E-state index contributed by atoms with van der Waals surface area (Å²) in [4.78, 5) is 14.6. The van der Waals surface area contributed by atoms with E-state index >= 15 is 0 Å². The Kier molecular flexibility index (Phi) is 6.06. The normalized spacial score (nSPS) is 16.9. The van der Waals surface area contributed by atoms with Crippen LogP contribution in [0.2, 0.25) is 0 Å². The molecule has 0 bridgehead atoms. The Labute approximate surface area is 197 Å². The minimum atomic E-state index is -0.250. The summed E-state index contributed by atoms with van der Waals surface area (Å²) in [6.07, 6.45) is 2.84. The minimum Gasteiger partial charge on any atom is -0.492 e. The maximum atomic E-state index is 12.4. The number of benzene rings is 2. The standard InChI is InChI=1S/C24H28N6O4/c1-4-5-11-25-24(31)15-6-8-17(9-7-15)30-23(26-27-28-30)20-19-16(10-12-29(20)2)13-18-21(22(19)32-3)34-14-33-18/h6-9,13,20H,4-5,10-12,14H2,1-3H3,(H,25,31). The molecule has 1 amide bonds.